The number of unbranched alkanes of at least 4 members (excludes halogenated alkanes) is 1. The van der Waals surface area contributed by atoms with Crippen molar-refractivity contribution in [2.24, 2.45) is 7.05 Å². The number of piperidine rings is 2. The number of carbonyl (C=O) groups is 2. The second-order valence-corrected chi connectivity index (χ2v) is 19.3. The van der Waals surface area contributed by atoms with Crippen LogP contribution in [0.2, 0.25) is 5.02 Å². The Bertz CT molecular complexity index is 2900. The number of aryl methyl sites for hydroxylation is 1. The molecule has 1 saturated carbocycles. The first-order valence-electron chi connectivity index (χ1n) is 24.5. The average Bonchev–Trinajstić information content (AvgIpc) is 3.86. The summed E-state index contributed by atoms with van der Waals surface area (Å²) < 4.78 is 19.5. The van der Waals surface area contributed by atoms with Crippen molar-refractivity contribution < 1.29 is 19.1 Å². The van der Waals surface area contributed by atoms with Crippen molar-refractivity contribution in [2.75, 3.05) is 58.2 Å². The highest BCUT2D eigenvalue weighted by Crippen LogP contribution is 2.37. The second kappa shape index (κ2) is 21.8. The summed E-state index contributed by atoms with van der Waals surface area (Å²) in [5.74, 6) is 5.89. The molecule has 69 heavy (non-hydrogen) atoms. The number of anilines is 2. The van der Waals surface area contributed by atoms with Gasteiger partial charge >= 0.3 is 5.69 Å². The van der Waals surface area contributed by atoms with Gasteiger partial charge < -0.3 is 19.9 Å². The van der Waals surface area contributed by atoms with Crippen molar-refractivity contribution in [1.82, 2.24) is 43.7 Å². The monoisotopic (exact) mass is 956 g/mol. The van der Waals surface area contributed by atoms with Crippen LogP contribution in [0.3, 0.4) is 0 Å². The smallest absolute Gasteiger partial charge is 0.329 e. The van der Waals surface area contributed by atoms with Gasteiger partial charge in [-0.15, -0.1) is 0 Å². The quantitative estimate of drug-likeness (QED) is 0.0669. The molecule has 4 fully saturated rings. The molecule has 3 saturated heterocycles. The van der Waals surface area contributed by atoms with Crippen LogP contribution in [0.15, 0.2) is 77.9 Å². The number of hydrogen-bond donors (Lipinski definition) is 3. The van der Waals surface area contributed by atoms with Gasteiger partial charge in [0.2, 0.25) is 17.8 Å². The molecule has 10 rings (SSSR count). The molecule has 1 unspecified atom stereocenters. The van der Waals surface area contributed by atoms with E-state index in [9.17, 15) is 18.8 Å². The minimum absolute atomic E-state index is 0.215. The predicted molar refractivity (Wildman–Crippen MR) is 269 cm³/mol. The fraction of sp³-hybridized carbons (Fsp3) is 0.453. The van der Waals surface area contributed by atoms with E-state index in [1.165, 1.54) is 54.4 Å². The van der Waals surface area contributed by atoms with Crippen molar-refractivity contribution in [3.8, 4) is 23.0 Å². The zero-order chi connectivity index (χ0) is 48.0. The number of aliphatic hydroxyl groups is 1. The van der Waals surface area contributed by atoms with Gasteiger partial charge in [0.05, 0.1) is 11.0 Å². The summed E-state index contributed by atoms with van der Waals surface area (Å²) in [5.41, 5.74) is 6.96. The summed E-state index contributed by atoms with van der Waals surface area (Å²) in [6.45, 7) is 8.56. The number of halogens is 2. The number of imide groups is 1. The first-order valence-corrected chi connectivity index (χ1v) is 24.9. The Morgan fingerprint density at radius 1 is 0.855 bits per heavy atom. The van der Waals surface area contributed by atoms with Crippen molar-refractivity contribution >= 4 is 57.1 Å². The van der Waals surface area contributed by atoms with Crippen LogP contribution < -0.4 is 16.3 Å². The fourth-order valence-corrected chi connectivity index (χ4v) is 11.0. The van der Waals surface area contributed by atoms with Gasteiger partial charge in [-0.1, -0.05) is 67.0 Å². The number of nitrogens with zero attached hydrogens (tertiary/aromatic N) is 8. The lowest BCUT2D eigenvalue weighted by molar-refractivity contribution is -0.135. The minimum atomic E-state index is -0.697. The summed E-state index contributed by atoms with van der Waals surface area (Å²) in [6, 6.07) is 19.4. The largest absolute Gasteiger partial charge is 0.400 e. The van der Waals surface area contributed by atoms with E-state index in [0.29, 0.717) is 40.7 Å². The normalized spacial score (nSPS) is 19.0. The Hall–Kier alpha value is -5.89. The molecule has 6 heterocycles. The molecule has 14 nitrogen and oxygen atoms in total. The Morgan fingerprint density at radius 3 is 2.36 bits per heavy atom. The lowest BCUT2D eigenvalue weighted by Gasteiger charge is -2.42. The number of benzene rings is 3. The number of hydrogen-bond acceptors (Lipinski definition) is 10. The van der Waals surface area contributed by atoms with E-state index in [1.54, 1.807) is 17.7 Å². The van der Waals surface area contributed by atoms with E-state index in [0.717, 1.165) is 118 Å². The van der Waals surface area contributed by atoms with E-state index in [1.807, 2.05) is 24.4 Å². The topological polar surface area (TPSA) is 146 Å². The maximum absolute atomic E-state index is 14.1. The summed E-state index contributed by atoms with van der Waals surface area (Å²) in [6.07, 6.45) is 14.8. The molecule has 0 spiro atoms. The third-order valence-corrected chi connectivity index (χ3v) is 14.6. The zero-order valence-electron chi connectivity index (χ0n) is 39.6. The molecule has 1 atom stereocenters. The summed E-state index contributed by atoms with van der Waals surface area (Å²) in [5, 5.41) is 13.9. The molecule has 0 radical (unpaired) electrons. The molecule has 3 aromatic heterocycles. The standard InChI is InChI=1S/C52H58ClFN10O3.CH4O/c1-59-47-28-35(13-16-45(47)64(52(59)67)46-17-18-48(65)57-50(46)66)8-4-3-7-21-60-22-19-41(20-23-60)62-26-24-61(25-27-62)33-36-11-14-37(15-12-36)44-34-63(42-9-5-2-6-10-42)49-43(44)32-55-51(58-49)56-40-30-38(53)29-39(54)31-40;1-2/h11-16,28-32,34,41-42,46H,2-3,5-7,9-10,17-27,33H2,1H3,(H,55,56,58)(H,57,65,66);2H,1H3. The number of nitrogens with one attached hydrogen (secondary N) is 2. The van der Waals surface area contributed by atoms with E-state index >= 15 is 0 Å². The van der Waals surface area contributed by atoms with Crippen molar-refractivity contribution in [2.45, 2.75) is 95.3 Å². The first kappa shape index (κ1) is 48.1. The highest BCUT2D eigenvalue weighted by molar-refractivity contribution is 6.30. The summed E-state index contributed by atoms with van der Waals surface area (Å²) in [7, 11) is 2.70. The maximum Gasteiger partial charge on any atom is 0.329 e. The van der Waals surface area contributed by atoms with Gasteiger partial charge in [-0.3, -0.25) is 33.8 Å². The van der Waals surface area contributed by atoms with Gasteiger partial charge in [0.25, 0.3) is 0 Å². The van der Waals surface area contributed by atoms with Gasteiger partial charge in [-0.2, -0.15) is 4.98 Å². The number of aliphatic hydroxyl groups excluding tert-OH is 1. The number of carbonyl (C=O) groups excluding carboxylic acids is 2. The van der Waals surface area contributed by atoms with Crippen molar-refractivity contribution in [3.05, 3.63) is 106 Å². The maximum atomic E-state index is 14.1. The van der Waals surface area contributed by atoms with Gasteiger partial charge in [-0.05, 0) is 106 Å². The Balaban J connectivity index is 0.00000293. The zero-order valence-corrected chi connectivity index (χ0v) is 40.4. The Labute approximate surface area is 407 Å². The molecule has 362 valence electrons. The van der Waals surface area contributed by atoms with E-state index in [2.05, 4.69) is 77.2 Å². The number of fused-ring (bicyclic) bond motifs is 2. The van der Waals surface area contributed by atoms with Crippen molar-refractivity contribution in [1.29, 1.82) is 0 Å². The van der Waals surface area contributed by atoms with Gasteiger partial charge in [0.15, 0.2) is 0 Å². The number of rotatable bonds is 11. The Morgan fingerprint density at radius 2 is 1.62 bits per heavy atom. The average molecular weight is 958 g/mol. The van der Waals surface area contributed by atoms with Crippen LogP contribution in [0.25, 0.3) is 33.2 Å². The number of imidazole rings is 1. The van der Waals surface area contributed by atoms with Crippen LogP contribution in [0, 0.1) is 17.7 Å². The van der Waals surface area contributed by atoms with Crippen LogP contribution in [-0.2, 0) is 23.2 Å². The number of likely N-dealkylation sites (tertiary alicyclic amines) is 1. The fourth-order valence-electron chi connectivity index (χ4n) is 10.8. The third-order valence-electron chi connectivity index (χ3n) is 14.4. The van der Waals surface area contributed by atoms with Crippen LogP contribution in [0.5, 0.6) is 0 Å². The van der Waals surface area contributed by atoms with Gasteiger partial charge in [0.1, 0.15) is 17.5 Å². The number of piperazine rings is 1. The van der Waals surface area contributed by atoms with Crippen LogP contribution in [0.1, 0.15) is 93.8 Å². The van der Waals surface area contributed by atoms with E-state index < -0.39 is 17.8 Å². The predicted octanol–water partition coefficient (Wildman–Crippen LogP) is 7.79. The van der Waals surface area contributed by atoms with Gasteiger partial charge in [0, 0.05) is 111 Å². The molecule has 16 heteroatoms. The lowest BCUT2D eigenvalue weighted by Crippen LogP contribution is -2.53. The summed E-state index contributed by atoms with van der Waals surface area (Å²) in [4.78, 5) is 54.8. The summed E-state index contributed by atoms with van der Waals surface area (Å²) >= 11 is 6.12. The first-order chi connectivity index (χ1) is 33.6. The molecule has 3 N–H and O–H groups in total. The lowest BCUT2D eigenvalue weighted by atomic mass is 9.95. The van der Waals surface area contributed by atoms with Crippen LogP contribution in [-0.4, -0.2) is 114 Å². The SMILES string of the molecule is CO.Cn1c(=O)n(C2CCC(=O)NC2=O)c2ccc(C#CCCCN3CCC(N4CCN(Cc5ccc(-c6cn(C7CCCCC7)c7nc(Nc8cc(F)cc(Cl)c8)ncc67)cc5)CC4)CC3)cc21. The van der Waals surface area contributed by atoms with E-state index in [-0.39, 0.29) is 18.0 Å². The molecule has 6 aromatic rings. The Kier molecular flexibility index (Phi) is 15.2. The molecular weight excluding hydrogens is 895 g/mol. The highest BCUT2D eigenvalue weighted by Gasteiger charge is 2.32. The molecule has 3 aliphatic heterocycles. The number of aromatic nitrogens is 5. The van der Waals surface area contributed by atoms with Crippen LogP contribution in [0.4, 0.5) is 16.0 Å². The van der Waals surface area contributed by atoms with Crippen molar-refractivity contribution in [3.63, 3.8) is 0 Å². The number of amides is 2. The van der Waals surface area contributed by atoms with E-state index in [4.69, 9.17) is 21.7 Å². The highest BCUT2D eigenvalue weighted by atomic mass is 35.5. The van der Waals surface area contributed by atoms with Gasteiger partial charge in [-0.25, -0.2) is 14.2 Å². The molecular formula is C53H62ClFN10O4. The molecule has 4 aliphatic rings. The minimum Gasteiger partial charge on any atom is -0.400 e. The van der Waals surface area contributed by atoms with Crippen LogP contribution >= 0.6 is 11.6 Å². The molecule has 2 amide bonds. The third kappa shape index (κ3) is 11.0. The molecule has 3 aromatic carbocycles. The second-order valence-electron chi connectivity index (χ2n) is 18.8. The molecule has 0 bridgehead atoms. The molecule has 1 aliphatic carbocycles.